The smallest absolute Gasteiger partial charge is 0.255 e. The zero-order chi connectivity index (χ0) is 19.4. The molecule has 1 unspecified atom stereocenters. The number of imide groups is 1. The lowest BCUT2D eigenvalue weighted by molar-refractivity contribution is -0.153. The number of carbonyl (C=O) groups excluding carboxylic acids is 3. The highest BCUT2D eigenvalue weighted by molar-refractivity contribution is 6.05. The molecule has 4 rings (SSSR count). The van der Waals surface area contributed by atoms with Gasteiger partial charge < -0.3 is 4.90 Å². The highest BCUT2D eigenvalue weighted by Gasteiger charge is 2.42. The predicted octanol–water partition coefficient (Wildman–Crippen LogP) is 3.39. The summed E-state index contributed by atoms with van der Waals surface area (Å²) in [7, 11) is 0. The second kappa shape index (κ2) is 8.16. The van der Waals surface area contributed by atoms with Crippen LogP contribution in [0.3, 0.4) is 0 Å². The molecule has 0 N–H and O–H groups in total. The van der Waals surface area contributed by atoms with Crippen molar-refractivity contribution in [1.29, 1.82) is 0 Å². The largest absolute Gasteiger partial charge is 0.322 e. The second-order valence-corrected chi connectivity index (χ2v) is 6.45. The van der Waals surface area contributed by atoms with Crippen molar-refractivity contribution in [1.82, 2.24) is 9.80 Å². The van der Waals surface area contributed by atoms with Crippen LogP contribution < -0.4 is 0 Å². The standard InChI is InChI=1S/C20H18N2O3.C2H6/c23-18-11-10-17(20(25)22(18)12-14-6-2-1-3-7-14)21-13-15-8-4-5-9-16(15)19(21)24;1-2/h1-9,17H,10-13H2;1-2H3. The van der Waals surface area contributed by atoms with Crippen LogP contribution in [-0.2, 0) is 22.7 Å². The Balaban J connectivity index is 0.00000102. The van der Waals surface area contributed by atoms with Crippen molar-refractivity contribution in [2.24, 2.45) is 0 Å². The number of carbonyl (C=O) groups is 3. The van der Waals surface area contributed by atoms with Crippen molar-refractivity contribution in [3.63, 3.8) is 0 Å². The third-order valence-corrected chi connectivity index (χ3v) is 4.89. The molecule has 0 saturated carbocycles. The van der Waals surface area contributed by atoms with Gasteiger partial charge in [0.2, 0.25) is 5.91 Å². The highest BCUT2D eigenvalue weighted by Crippen LogP contribution is 2.29. The molecule has 5 heteroatoms. The molecule has 2 aliphatic heterocycles. The van der Waals surface area contributed by atoms with Crippen molar-refractivity contribution in [2.75, 3.05) is 0 Å². The molecular weight excluding hydrogens is 340 g/mol. The number of piperidine rings is 1. The fourth-order valence-corrected chi connectivity index (χ4v) is 3.57. The van der Waals surface area contributed by atoms with E-state index in [1.807, 2.05) is 62.4 Å². The maximum absolute atomic E-state index is 12.9. The molecule has 1 fully saturated rings. The molecule has 2 aromatic rings. The van der Waals surface area contributed by atoms with Crippen LogP contribution in [0.15, 0.2) is 54.6 Å². The summed E-state index contributed by atoms with van der Waals surface area (Å²) < 4.78 is 0. The van der Waals surface area contributed by atoms with E-state index < -0.39 is 6.04 Å². The molecule has 1 atom stereocenters. The quantitative estimate of drug-likeness (QED) is 0.785. The lowest BCUT2D eigenvalue weighted by atomic mass is 10.0. The fourth-order valence-electron chi connectivity index (χ4n) is 3.57. The van der Waals surface area contributed by atoms with Gasteiger partial charge in [-0.05, 0) is 23.6 Å². The van der Waals surface area contributed by atoms with Crippen LogP contribution in [0.5, 0.6) is 0 Å². The Kier molecular flexibility index (Phi) is 5.69. The molecule has 27 heavy (non-hydrogen) atoms. The molecule has 0 radical (unpaired) electrons. The molecule has 2 aromatic carbocycles. The van der Waals surface area contributed by atoms with Gasteiger partial charge >= 0.3 is 0 Å². The molecule has 0 bridgehead atoms. The van der Waals surface area contributed by atoms with E-state index in [0.717, 1.165) is 11.1 Å². The van der Waals surface area contributed by atoms with Gasteiger partial charge in [-0.2, -0.15) is 0 Å². The summed E-state index contributed by atoms with van der Waals surface area (Å²) >= 11 is 0. The van der Waals surface area contributed by atoms with Gasteiger partial charge in [0.25, 0.3) is 11.8 Å². The van der Waals surface area contributed by atoms with Crippen molar-refractivity contribution in [3.05, 3.63) is 71.3 Å². The van der Waals surface area contributed by atoms with Crippen LogP contribution in [0.2, 0.25) is 0 Å². The first-order valence-corrected chi connectivity index (χ1v) is 9.42. The number of likely N-dealkylation sites (tertiary alicyclic amines) is 1. The van der Waals surface area contributed by atoms with E-state index in [1.165, 1.54) is 4.90 Å². The Labute approximate surface area is 159 Å². The first kappa shape index (κ1) is 18.8. The normalized spacial score (nSPS) is 18.9. The van der Waals surface area contributed by atoms with Gasteiger partial charge in [-0.25, -0.2) is 0 Å². The Bertz CT molecular complexity index is 848. The van der Waals surface area contributed by atoms with Gasteiger partial charge in [0.05, 0.1) is 6.54 Å². The van der Waals surface area contributed by atoms with Crippen LogP contribution in [0.25, 0.3) is 0 Å². The minimum atomic E-state index is -0.568. The lowest BCUT2D eigenvalue weighted by Gasteiger charge is -2.35. The number of nitrogens with zero attached hydrogens (tertiary/aromatic N) is 2. The third-order valence-electron chi connectivity index (χ3n) is 4.89. The van der Waals surface area contributed by atoms with E-state index in [2.05, 4.69) is 0 Å². The second-order valence-electron chi connectivity index (χ2n) is 6.45. The SMILES string of the molecule is CC.O=C1CCC(N2Cc3ccccc3C2=O)C(=O)N1Cc1ccccc1. The molecule has 0 aromatic heterocycles. The van der Waals surface area contributed by atoms with Gasteiger partial charge in [-0.1, -0.05) is 62.4 Å². The first-order chi connectivity index (χ1) is 13.1. The van der Waals surface area contributed by atoms with Crippen LogP contribution in [-0.4, -0.2) is 33.6 Å². The van der Waals surface area contributed by atoms with E-state index in [1.54, 1.807) is 11.0 Å². The van der Waals surface area contributed by atoms with Crippen LogP contribution >= 0.6 is 0 Å². The Morgan fingerprint density at radius 2 is 1.59 bits per heavy atom. The molecule has 5 nitrogen and oxygen atoms in total. The predicted molar refractivity (Wildman–Crippen MR) is 103 cm³/mol. The van der Waals surface area contributed by atoms with Gasteiger partial charge in [0.1, 0.15) is 6.04 Å². The summed E-state index contributed by atoms with van der Waals surface area (Å²) in [6, 6.07) is 16.3. The van der Waals surface area contributed by atoms with E-state index >= 15 is 0 Å². The fraction of sp³-hybridized carbons (Fsp3) is 0.318. The molecule has 0 aliphatic carbocycles. The van der Waals surface area contributed by atoms with Gasteiger partial charge in [0, 0.05) is 18.5 Å². The van der Waals surface area contributed by atoms with Crippen molar-refractivity contribution in [3.8, 4) is 0 Å². The summed E-state index contributed by atoms with van der Waals surface area (Å²) in [5.74, 6) is -0.571. The first-order valence-electron chi connectivity index (χ1n) is 9.42. The van der Waals surface area contributed by atoms with Crippen LogP contribution in [0.4, 0.5) is 0 Å². The third kappa shape index (κ3) is 3.63. The monoisotopic (exact) mass is 364 g/mol. The minimum absolute atomic E-state index is 0.122. The molecular formula is C22H24N2O3. The highest BCUT2D eigenvalue weighted by atomic mass is 16.2. The topological polar surface area (TPSA) is 57.7 Å². The number of rotatable bonds is 3. The summed E-state index contributed by atoms with van der Waals surface area (Å²) in [6.07, 6.45) is 0.673. The van der Waals surface area contributed by atoms with Crippen molar-refractivity contribution in [2.45, 2.75) is 45.8 Å². The Morgan fingerprint density at radius 1 is 0.926 bits per heavy atom. The van der Waals surface area contributed by atoms with E-state index in [9.17, 15) is 14.4 Å². The van der Waals surface area contributed by atoms with Gasteiger partial charge in [-0.15, -0.1) is 0 Å². The van der Waals surface area contributed by atoms with Gasteiger partial charge in [-0.3, -0.25) is 19.3 Å². The molecule has 3 amide bonds. The van der Waals surface area contributed by atoms with Crippen LogP contribution in [0, 0.1) is 0 Å². The molecule has 140 valence electrons. The molecule has 2 heterocycles. The summed E-state index contributed by atoms with van der Waals surface area (Å²) in [5.41, 5.74) is 2.49. The number of hydrogen-bond acceptors (Lipinski definition) is 3. The van der Waals surface area contributed by atoms with Gasteiger partial charge in [0.15, 0.2) is 0 Å². The average molecular weight is 364 g/mol. The number of amides is 3. The summed E-state index contributed by atoms with van der Waals surface area (Å²) in [6.45, 7) is 4.68. The average Bonchev–Trinajstić information content (AvgIpc) is 3.04. The number of benzene rings is 2. The number of fused-ring (bicyclic) bond motifs is 1. The summed E-state index contributed by atoms with van der Waals surface area (Å²) in [4.78, 5) is 40.8. The number of hydrogen-bond donors (Lipinski definition) is 0. The maximum Gasteiger partial charge on any atom is 0.255 e. The van der Waals surface area contributed by atoms with Crippen molar-refractivity contribution >= 4 is 17.7 Å². The Morgan fingerprint density at radius 3 is 2.30 bits per heavy atom. The van der Waals surface area contributed by atoms with E-state index in [4.69, 9.17) is 0 Å². The molecule has 2 aliphatic rings. The minimum Gasteiger partial charge on any atom is -0.322 e. The lowest BCUT2D eigenvalue weighted by Crippen LogP contribution is -2.54. The van der Waals surface area contributed by atoms with E-state index in [0.29, 0.717) is 18.5 Å². The zero-order valence-electron chi connectivity index (χ0n) is 15.7. The zero-order valence-corrected chi connectivity index (χ0v) is 15.7. The Hall–Kier alpha value is -2.95. The summed E-state index contributed by atoms with van der Waals surface area (Å²) in [5, 5.41) is 0. The molecule has 0 spiro atoms. The van der Waals surface area contributed by atoms with Crippen LogP contribution in [0.1, 0.15) is 48.2 Å². The van der Waals surface area contributed by atoms with Crippen molar-refractivity contribution < 1.29 is 14.4 Å². The van der Waals surface area contributed by atoms with E-state index in [-0.39, 0.29) is 30.7 Å². The molecule has 1 saturated heterocycles. The maximum atomic E-state index is 12.9.